The minimum atomic E-state index is -0.961. The van der Waals surface area contributed by atoms with Crippen LogP contribution in [0.3, 0.4) is 0 Å². The number of aromatic nitrogens is 2. The van der Waals surface area contributed by atoms with Gasteiger partial charge in [0.2, 0.25) is 0 Å². The van der Waals surface area contributed by atoms with Crippen molar-refractivity contribution in [1.82, 2.24) is 9.97 Å². The van der Waals surface area contributed by atoms with E-state index in [0.29, 0.717) is 23.3 Å². The monoisotopic (exact) mass is 276 g/mol. The van der Waals surface area contributed by atoms with Gasteiger partial charge < -0.3 is 9.84 Å². The second-order valence-electron chi connectivity index (χ2n) is 3.56. The van der Waals surface area contributed by atoms with Crippen LogP contribution in [0.15, 0.2) is 47.9 Å². The van der Waals surface area contributed by atoms with Gasteiger partial charge in [-0.1, -0.05) is 17.8 Å². The zero-order valence-electron chi connectivity index (χ0n) is 10.0. The van der Waals surface area contributed by atoms with Crippen LogP contribution in [-0.2, 0) is 0 Å². The maximum atomic E-state index is 10.8. The number of aromatic carboxylic acids is 1. The molecule has 2 rings (SSSR count). The summed E-state index contributed by atoms with van der Waals surface area (Å²) < 4.78 is 5.48. The second kappa shape index (κ2) is 6.75. The fourth-order valence-corrected chi connectivity index (χ4v) is 1.99. The van der Waals surface area contributed by atoms with Crippen molar-refractivity contribution in [2.75, 3.05) is 12.4 Å². The molecule has 0 amide bonds. The van der Waals surface area contributed by atoms with Crippen LogP contribution in [0.4, 0.5) is 0 Å². The van der Waals surface area contributed by atoms with E-state index in [1.165, 1.54) is 23.9 Å². The molecule has 0 aliphatic carbocycles. The Labute approximate surface area is 114 Å². The van der Waals surface area contributed by atoms with E-state index in [2.05, 4.69) is 9.97 Å². The smallest absolute Gasteiger partial charge is 0.335 e. The third-order valence-corrected chi connectivity index (χ3v) is 3.05. The first kappa shape index (κ1) is 13.4. The highest BCUT2D eigenvalue weighted by atomic mass is 32.2. The Kier molecular flexibility index (Phi) is 4.74. The van der Waals surface area contributed by atoms with Gasteiger partial charge in [0.15, 0.2) is 5.16 Å². The molecule has 19 heavy (non-hydrogen) atoms. The van der Waals surface area contributed by atoms with E-state index in [1.807, 2.05) is 0 Å². The number of rotatable bonds is 6. The van der Waals surface area contributed by atoms with Crippen LogP contribution < -0.4 is 4.74 Å². The molecular weight excluding hydrogens is 264 g/mol. The van der Waals surface area contributed by atoms with Crippen LogP contribution in [0.5, 0.6) is 5.75 Å². The summed E-state index contributed by atoms with van der Waals surface area (Å²) in [6, 6.07) is 8.19. The first-order chi connectivity index (χ1) is 9.25. The van der Waals surface area contributed by atoms with Crippen LogP contribution in [0, 0.1) is 0 Å². The molecule has 2 aromatic rings. The molecule has 0 aliphatic heterocycles. The number of carboxylic acids is 1. The summed E-state index contributed by atoms with van der Waals surface area (Å²) in [4.78, 5) is 19.0. The fourth-order valence-electron chi connectivity index (χ4n) is 1.37. The molecule has 0 atom stereocenters. The summed E-state index contributed by atoms with van der Waals surface area (Å²) in [7, 11) is 0. The minimum absolute atomic E-state index is 0.219. The maximum absolute atomic E-state index is 10.8. The topological polar surface area (TPSA) is 72.3 Å². The summed E-state index contributed by atoms with van der Waals surface area (Å²) in [6.07, 6.45) is 3.37. The van der Waals surface area contributed by atoms with Crippen molar-refractivity contribution in [2.24, 2.45) is 0 Å². The summed E-state index contributed by atoms with van der Waals surface area (Å²) in [5.41, 5.74) is 0.219. The number of carboxylic acid groups (broad SMARTS) is 1. The first-order valence-electron chi connectivity index (χ1n) is 5.61. The molecule has 1 aromatic heterocycles. The van der Waals surface area contributed by atoms with E-state index >= 15 is 0 Å². The van der Waals surface area contributed by atoms with Gasteiger partial charge in [-0.2, -0.15) is 0 Å². The summed E-state index contributed by atoms with van der Waals surface area (Å²) in [5, 5.41) is 9.55. The Morgan fingerprint density at radius 2 is 2.05 bits per heavy atom. The van der Waals surface area contributed by atoms with Crippen molar-refractivity contribution >= 4 is 17.7 Å². The van der Waals surface area contributed by atoms with Gasteiger partial charge in [0.25, 0.3) is 0 Å². The lowest BCUT2D eigenvalue weighted by Gasteiger charge is -2.06. The summed E-state index contributed by atoms with van der Waals surface area (Å²) in [6.45, 7) is 0.464. The van der Waals surface area contributed by atoms with E-state index in [-0.39, 0.29) is 5.56 Å². The molecule has 0 saturated heterocycles. The first-order valence-corrected chi connectivity index (χ1v) is 6.60. The molecular formula is C13H12N2O3S. The Balaban J connectivity index is 1.80. The Hall–Kier alpha value is -2.08. The van der Waals surface area contributed by atoms with Gasteiger partial charge >= 0.3 is 5.97 Å². The number of carbonyl (C=O) groups is 1. The van der Waals surface area contributed by atoms with Crippen molar-refractivity contribution in [3.05, 3.63) is 48.3 Å². The van der Waals surface area contributed by atoms with Crippen molar-refractivity contribution < 1.29 is 14.6 Å². The molecule has 0 bridgehead atoms. The second-order valence-corrected chi connectivity index (χ2v) is 4.62. The van der Waals surface area contributed by atoms with Gasteiger partial charge in [0, 0.05) is 18.1 Å². The zero-order chi connectivity index (χ0) is 13.5. The summed E-state index contributed by atoms with van der Waals surface area (Å²) in [5.74, 6) is 0.286. The van der Waals surface area contributed by atoms with Gasteiger partial charge in [0.1, 0.15) is 5.75 Å². The SMILES string of the molecule is O=C(O)c1cccc(OCCSc2ncccn2)c1. The molecule has 1 heterocycles. The van der Waals surface area contributed by atoms with Crippen molar-refractivity contribution in [3.8, 4) is 5.75 Å². The Morgan fingerprint density at radius 1 is 1.26 bits per heavy atom. The standard InChI is InChI=1S/C13H12N2O3S/c16-12(17)10-3-1-4-11(9-10)18-7-8-19-13-14-5-2-6-15-13/h1-6,9H,7-8H2,(H,16,17). The molecule has 1 aromatic carbocycles. The Morgan fingerprint density at radius 3 is 2.79 bits per heavy atom. The predicted molar refractivity (Wildman–Crippen MR) is 71.7 cm³/mol. The predicted octanol–water partition coefficient (Wildman–Crippen LogP) is 2.35. The van der Waals surface area contributed by atoms with Gasteiger partial charge in [-0.15, -0.1) is 0 Å². The number of thioether (sulfide) groups is 1. The number of hydrogen-bond acceptors (Lipinski definition) is 5. The number of hydrogen-bond donors (Lipinski definition) is 1. The lowest BCUT2D eigenvalue weighted by Crippen LogP contribution is -2.02. The highest BCUT2D eigenvalue weighted by Crippen LogP contribution is 2.15. The molecule has 5 nitrogen and oxygen atoms in total. The van der Waals surface area contributed by atoms with Gasteiger partial charge in [0.05, 0.1) is 12.2 Å². The van der Waals surface area contributed by atoms with E-state index < -0.39 is 5.97 Å². The normalized spacial score (nSPS) is 10.1. The molecule has 0 fully saturated rings. The minimum Gasteiger partial charge on any atom is -0.493 e. The van der Waals surface area contributed by atoms with Crippen LogP contribution in [-0.4, -0.2) is 33.4 Å². The molecule has 1 N–H and O–H groups in total. The van der Waals surface area contributed by atoms with E-state index in [9.17, 15) is 4.79 Å². The largest absolute Gasteiger partial charge is 0.493 e. The van der Waals surface area contributed by atoms with Crippen molar-refractivity contribution in [2.45, 2.75) is 5.16 Å². The zero-order valence-corrected chi connectivity index (χ0v) is 10.8. The van der Waals surface area contributed by atoms with E-state index in [4.69, 9.17) is 9.84 Å². The van der Waals surface area contributed by atoms with Crippen LogP contribution >= 0.6 is 11.8 Å². The van der Waals surface area contributed by atoms with Crippen LogP contribution in [0.2, 0.25) is 0 Å². The quantitative estimate of drug-likeness (QED) is 0.496. The van der Waals surface area contributed by atoms with Crippen molar-refractivity contribution in [3.63, 3.8) is 0 Å². The highest BCUT2D eigenvalue weighted by Gasteiger charge is 2.03. The average molecular weight is 276 g/mol. The van der Waals surface area contributed by atoms with Crippen LogP contribution in [0.1, 0.15) is 10.4 Å². The third kappa shape index (κ3) is 4.26. The van der Waals surface area contributed by atoms with E-state index in [0.717, 1.165) is 0 Å². The molecule has 0 saturated carbocycles. The van der Waals surface area contributed by atoms with E-state index in [1.54, 1.807) is 30.6 Å². The lowest BCUT2D eigenvalue weighted by atomic mass is 10.2. The maximum Gasteiger partial charge on any atom is 0.335 e. The van der Waals surface area contributed by atoms with Gasteiger partial charge in [-0.05, 0) is 24.3 Å². The fraction of sp³-hybridized carbons (Fsp3) is 0.154. The molecule has 0 aliphatic rings. The number of benzene rings is 1. The average Bonchev–Trinajstić information content (AvgIpc) is 2.45. The summed E-state index contributed by atoms with van der Waals surface area (Å²) >= 11 is 1.49. The lowest BCUT2D eigenvalue weighted by molar-refractivity contribution is 0.0696. The molecule has 0 radical (unpaired) electrons. The van der Waals surface area contributed by atoms with Gasteiger partial charge in [-0.25, -0.2) is 14.8 Å². The third-order valence-electron chi connectivity index (χ3n) is 2.21. The van der Waals surface area contributed by atoms with Gasteiger partial charge in [-0.3, -0.25) is 0 Å². The molecule has 0 spiro atoms. The number of nitrogens with zero attached hydrogens (tertiary/aromatic N) is 2. The molecule has 6 heteroatoms. The Bertz CT molecular complexity index is 549. The molecule has 98 valence electrons. The number of ether oxygens (including phenoxy) is 1. The van der Waals surface area contributed by atoms with Crippen LogP contribution in [0.25, 0.3) is 0 Å². The van der Waals surface area contributed by atoms with Crippen molar-refractivity contribution in [1.29, 1.82) is 0 Å². The highest BCUT2D eigenvalue weighted by molar-refractivity contribution is 7.99. The molecule has 0 unspecified atom stereocenters.